The Labute approximate surface area is 76.9 Å². The molecule has 0 bridgehead atoms. The first-order chi connectivity index (χ1) is 5.75. The Morgan fingerprint density at radius 1 is 1.42 bits per heavy atom. The molecule has 2 heteroatoms. The average Bonchev–Trinajstić information content (AvgIpc) is 2.07. The topological polar surface area (TPSA) is 9.23 Å². The van der Waals surface area contributed by atoms with E-state index in [0.29, 0.717) is 0 Å². The molecule has 1 aliphatic heterocycles. The van der Waals surface area contributed by atoms with E-state index in [0.717, 1.165) is 6.61 Å². The summed E-state index contributed by atoms with van der Waals surface area (Å²) in [4.78, 5) is 0. The second kappa shape index (κ2) is 4.63. The fourth-order valence-electron chi connectivity index (χ4n) is 1.64. The zero-order valence-corrected chi connectivity index (χ0v) is 9.25. The molecular formula is C10H18OSi. The highest BCUT2D eigenvalue weighted by Crippen LogP contribution is 2.20. The molecule has 0 aromatic heterocycles. The summed E-state index contributed by atoms with van der Waals surface area (Å²) in [6.07, 6.45) is 4.59. The lowest BCUT2D eigenvalue weighted by molar-refractivity contribution is 0.292. The van der Waals surface area contributed by atoms with Crippen LogP contribution in [0.3, 0.4) is 0 Å². The van der Waals surface area contributed by atoms with Crippen LogP contribution in [0.15, 0.2) is 23.4 Å². The number of rotatable bonds is 2. The summed E-state index contributed by atoms with van der Waals surface area (Å²) in [7, 11) is -1.04. The van der Waals surface area contributed by atoms with Crippen LogP contribution >= 0.6 is 0 Å². The maximum Gasteiger partial charge on any atom is 0.208 e. The Kier molecular flexibility index (Phi) is 3.76. The van der Waals surface area contributed by atoms with Gasteiger partial charge >= 0.3 is 0 Å². The van der Waals surface area contributed by atoms with Crippen molar-refractivity contribution in [2.24, 2.45) is 0 Å². The average molecular weight is 182 g/mol. The maximum absolute atomic E-state index is 5.80. The van der Waals surface area contributed by atoms with Gasteiger partial charge in [0, 0.05) is 6.61 Å². The van der Waals surface area contributed by atoms with Crippen LogP contribution in [0, 0.1) is 0 Å². The highest BCUT2D eigenvalue weighted by atomic mass is 28.3. The van der Waals surface area contributed by atoms with E-state index in [1.54, 1.807) is 0 Å². The van der Waals surface area contributed by atoms with Crippen LogP contribution in [0.2, 0.25) is 6.04 Å². The van der Waals surface area contributed by atoms with Crippen molar-refractivity contribution in [2.45, 2.75) is 32.7 Å². The van der Waals surface area contributed by atoms with Gasteiger partial charge in [-0.15, -0.1) is 0 Å². The molecule has 0 spiro atoms. The molecule has 0 aromatic rings. The molecule has 1 fully saturated rings. The van der Waals surface area contributed by atoms with Crippen molar-refractivity contribution in [2.75, 3.05) is 6.61 Å². The minimum Gasteiger partial charge on any atom is -0.415 e. The first-order valence-electron chi connectivity index (χ1n) is 4.67. The van der Waals surface area contributed by atoms with Crippen LogP contribution in [0.25, 0.3) is 0 Å². The first-order valence-corrected chi connectivity index (χ1v) is 6.53. The minimum absolute atomic E-state index is 0.974. The summed E-state index contributed by atoms with van der Waals surface area (Å²) in [5.74, 6) is 0. The van der Waals surface area contributed by atoms with E-state index in [1.807, 2.05) is 6.08 Å². The van der Waals surface area contributed by atoms with E-state index in [9.17, 15) is 0 Å². The third-order valence-electron chi connectivity index (χ3n) is 2.32. The zero-order valence-electron chi connectivity index (χ0n) is 8.10. The van der Waals surface area contributed by atoms with Gasteiger partial charge in [0.25, 0.3) is 0 Å². The van der Waals surface area contributed by atoms with Gasteiger partial charge in [-0.2, -0.15) is 0 Å². The standard InChI is InChI=1S/C10H18OSi/c1-4-10(9(2)3)12-8-6-5-7-11-12/h4,12H,1,5-8H2,2-3H3. The molecule has 1 atom stereocenters. The monoisotopic (exact) mass is 182 g/mol. The second-order valence-electron chi connectivity index (χ2n) is 3.51. The third kappa shape index (κ3) is 2.32. The van der Waals surface area contributed by atoms with Crippen molar-refractivity contribution in [1.82, 2.24) is 0 Å². The fourth-order valence-corrected chi connectivity index (χ4v) is 4.32. The van der Waals surface area contributed by atoms with Gasteiger partial charge < -0.3 is 4.43 Å². The van der Waals surface area contributed by atoms with Gasteiger partial charge in [0.1, 0.15) is 0 Å². The summed E-state index contributed by atoms with van der Waals surface area (Å²) >= 11 is 0. The maximum atomic E-state index is 5.80. The number of hydrogen-bond acceptors (Lipinski definition) is 1. The lowest BCUT2D eigenvalue weighted by Crippen LogP contribution is -2.25. The van der Waals surface area contributed by atoms with Gasteiger partial charge in [-0.25, -0.2) is 0 Å². The molecule has 0 aliphatic carbocycles. The Morgan fingerprint density at radius 2 is 2.17 bits per heavy atom. The fraction of sp³-hybridized carbons (Fsp3) is 0.600. The van der Waals surface area contributed by atoms with Crippen LogP contribution in [0.4, 0.5) is 0 Å². The zero-order chi connectivity index (χ0) is 8.97. The van der Waals surface area contributed by atoms with Crippen LogP contribution < -0.4 is 0 Å². The number of hydrogen-bond donors (Lipinski definition) is 0. The lowest BCUT2D eigenvalue weighted by atomic mass is 10.3. The van der Waals surface area contributed by atoms with Gasteiger partial charge in [-0.1, -0.05) is 24.6 Å². The molecule has 1 aliphatic rings. The number of allylic oxidation sites excluding steroid dienone is 3. The quantitative estimate of drug-likeness (QED) is 0.471. The molecule has 1 rings (SSSR count). The first kappa shape index (κ1) is 9.74. The molecule has 68 valence electrons. The molecule has 1 unspecified atom stereocenters. The van der Waals surface area contributed by atoms with Gasteiger partial charge in [0.15, 0.2) is 0 Å². The molecular weight excluding hydrogens is 164 g/mol. The van der Waals surface area contributed by atoms with Gasteiger partial charge in [-0.3, -0.25) is 0 Å². The highest BCUT2D eigenvalue weighted by Gasteiger charge is 2.19. The second-order valence-corrected chi connectivity index (χ2v) is 6.02. The van der Waals surface area contributed by atoms with E-state index in [1.165, 1.54) is 29.7 Å². The van der Waals surface area contributed by atoms with E-state index in [-0.39, 0.29) is 0 Å². The van der Waals surface area contributed by atoms with E-state index < -0.39 is 9.04 Å². The highest BCUT2D eigenvalue weighted by molar-refractivity contribution is 6.61. The molecule has 1 saturated heterocycles. The predicted octanol–water partition coefficient (Wildman–Crippen LogP) is 2.58. The summed E-state index contributed by atoms with van der Waals surface area (Å²) in [6, 6.07) is 1.30. The largest absolute Gasteiger partial charge is 0.415 e. The van der Waals surface area contributed by atoms with Crippen molar-refractivity contribution in [1.29, 1.82) is 0 Å². The molecule has 0 saturated carbocycles. The van der Waals surface area contributed by atoms with Gasteiger partial charge in [-0.05, 0) is 31.5 Å². The van der Waals surface area contributed by atoms with E-state index in [4.69, 9.17) is 4.43 Å². The van der Waals surface area contributed by atoms with Crippen molar-refractivity contribution < 1.29 is 4.43 Å². The summed E-state index contributed by atoms with van der Waals surface area (Å²) in [6.45, 7) is 9.14. The summed E-state index contributed by atoms with van der Waals surface area (Å²) < 4.78 is 5.80. The van der Waals surface area contributed by atoms with Crippen molar-refractivity contribution in [3.63, 3.8) is 0 Å². The molecule has 0 amide bonds. The third-order valence-corrected chi connectivity index (χ3v) is 5.40. The van der Waals surface area contributed by atoms with E-state index in [2.05, 4.69) is 20.4 Å². The molecule has 0 N–H and O–H groups in total. The summed E-state index contributed by atoms with van der Waals surface area (Å²) in [5.41, 5.74) is 1.39. The molecule has 0 aromatic carbocycles. The van der Waals surface area contributed by atoms with Crippen molar-refractivity contribution in [3.8, 4) is 0 Å². The molecule has 0 radical (unpaired) electrons. The molecule has 1 nitrogen and oxygen atoms in total. The smallest absolute Gasteiger partial charge is 0.208 e. The predicted molar refractivity (Wildman–Crippen MR) is 55.7 cm³/mol. The van der Waals surface area contributed by atoms with Crippen LogP contribution in [0.1, 0.15) is 26.7 Å². The SMILES string of the molecule is C=CC(=C(C)C)[SiH]1CCCCO1. The normalized spacial score (nSPS) is 23.3. The minimum atomic E-state index is -1.04. The van der Waals surface area contributed by atoms with Crippen molar-refractivity contribution in [3.05, 3.63) is 23.4 Å². The van der Waals surface area contributed by atoms with Crippen LogP contribution in [-0.4, -0.2) is 15.6 Å². The van der Waals surface area contributed by atoms with Crippen molar-refractivity contribution >= 4 is 9.04 Å². The van der Waals surface area contributed by atoms with Gasteiger partial charge in [0.2, 0.25) is 9.04 Å². The molecule has 12 heavy (non-hydrogen) atoms. The summed E-state index contributed by atoms with van der Waals surface area (Å²) in [5, 5.41) is 1.43. The van der Waals surface area contributed by atoms with E-state index >= 15 is 0 Å². The lowest BCUT2D eigenvalue weighted by Gasteiger charge is -2.23. The Hall–Kier alpha value is -0.343. The Balaban J connectivity index is 2.65. The Morgan fingerprint density at radius 3 is 2.58 bits per heavy atom. The van der Waals surface area contributed by atoms with Crippen LogP contribution in [-0.2, 0) is 4.43 Å². The Bertz CT molecular complexity index is 186. The molecule has 1 heterocycles. The van der Waals surface area contributed by atoms with Gasteiger partial charge in [0.05, 0.1) is 0 Å². The van der Waals surface area contributed by atoms with Crippen LogP contribution in [0.5, 0.6) is 0 Å².